The summed E-state index contributed by atoms with van der Waals surface area (Å²) in [5, 5.41) is 19.5. The van der Waals surface area contributed by atoms with Gasteiger partial charge >= 0.3 is 6.09 Å². The Bertz CT molecular complexity index is 589. The zero-order valence-electron chi connectivity index (χ0n) is 8.61. The van der Waals surface area contributed by atoms with Gasteiger partial charge in [0, 0.05) is 23.9 Å². The number of nitro benzene ring substituents is 1. The predicted octanol–water partition coefficient (Wildman–Crippen LogP) is 2.59. The van der Waals surface area contributed by atoms with Crippen LogP contribution in [0.5, 0.6) is 0 Å². The van der Waals surface area contributed by atoms with E-state index in [0.717, 1.165) is 4.57 Å². The van der Waals surface area contributed by atoms with Crippen LogP contribution in [0.25, 0.3) is 11.3 Å². The molecule has 6 nitrogen and oxygen atoms in total. The predicted molar refractivity (Wildman–Crippen MR) is 59.9 cm³/mol. The van der Waals surface area contributed by atoms with Crippen molar-refractivity contribution in [2.45, 2.75) is 0 Å². The second-order valence-electron chi connectivity index (χ2n) is 3.35. The van der Waals surface area contributed by atoms with E-state index in [1.54, 1.807) is 18.2 Å². The maximum atomic E-state index is 10.9. The molecule has 6 heteroatoms. The molecule has 0 aliphatic heterocycles. The van der Waals surface area contributed by atoms with Crippen LogP contribution in [0, 0.1) is 10.1 Å². The molecule has 17 heavy (non-hydrogen) atoms. The summed E-state index contributed by atoms with van der Waals surface area (Å²) in [4.78, 5) is 21.0. The first kappa shape index (κ1) is 10.9. The van der Waals surface area contributed by atoms with Crippen molar-refractivity contribution in [1.29, 1.82) is 0 Å². The van der Waals surface area contributed by atoms with Gasteiger partial charge in [0.1, 0.15) is 0 Å². The third-order valence-electron chi connectivity index (χ3n) is 2.31. The molecule has 0 aliphatic carbocycles. The fourth-order valence-corrected chi connectivity index (χ4v) is 1.56. The fourth-order valence-electron chi connectivity index (χ4n) is 1.56. The molecule has 2 aromatic rings. The standard InChI is InChI=1S/C11H8N2O4/c14-11(15)12-6-2-5-10(12)8-3-1-4-9(7-8)13(16)17/h1-7H,(H,14,15). The van der Waals surface area contributed by atoms with Gasteiger partial charge in [0.25, 0.3) is 5.69 Å². The molecule has 1 heterocycles. The van der Waals surface area contributed by atoms with Crippen LogP contribution in [0.3, 0.4) is 0 Å². The van der Waals surface area contributed by atoms with Crippen molar-refractivity contribution >= 4 is 11.8 Å². The van der Waals surface area contributed by atoms with E-state index in [9.17, 15) is 14.9 Å². The van der Waals surface area contributed by atoms with E-state index < -0.39 is 11.0 Å². The molecule has 0 spiro atoms. The molecule has 0 aliphatic rings. The number of nitrogens with zero attached hydrogens (tertiary/aromatic N) is 2. The van der Waals surface area contributed by atoms with Gasteiger partial charge in [-0.15, -0.1) is 0 Å². The highest BCUT2D eigenvalue weighted by Crippen LogP contribution is 2.24. The minimum Gasteiger partial charge on any atom is -0.464 e. The summed E-state index contributed by atoms with van der Waals surface area (Å²) >= 11 is 0. The van der Waals surface area contributed by atoms with E-state index in [1.807, 2.05) is 0 Å². The lowest BCUT2D eigenvalue weighted by molar-refractivity contribution is -0.384. The van der Waals surface area contributed by atoms with Crippen molar-refractivity contribution in [1.82, 2.24) is 4.57 Å². The summed E-state index contributed by atoms with van der Waals surface area (Å²) < 4.78 is 1.01. The molecule has 2 rings (SSSR count). The zero-order valence-corrected chi connectivity index (χ0v) is 8.61. The molecule has 1 N–H and O–H groups in total. The number of hydrogen-bond donors (Lipinski definition) is 1. The minimum absolute atomic E-state index is 0.0689. The normalized spacial score (nSPS) is 10.1. The van der Waals surface area contributed by atoms with Gasteiger partial charge in [-0.05, 0) is 12.1 Å². The second-order valence-corrected chi connectivity index (χ2v) is 3.35. The largest absolute Gasteiger partial charge is 0.464 e. The fraction of sp³-hybridized carbons (Fsp3) is 0. The van der Waals surface area contributed by atoms with Gasteiger partial charge in [0.15, 0.2) is 0 Å². The molecule has 0 unspecified atom stereocenters. The monoisotopic (exact) mass is 232 g/mol. The van der Waals surface area contributed by atoms with E-state index in [1.165, 1.54) is 24.4 Å². The lowest BCUT2D eigenvalue weighted by atomic mass is 10.1. The number of nitro groups is 1. The van der Waals surface area contributed by atoms with Gasteiger partial charge in [-0.1, -0.05) is 12.1 Å². The smallest absolute Gasteiger partial charge is 0.415 e. The van der Waals surface area contributed by atoms with Crippen LogP contribution in [0.1, 0.15) is 0 Å². The maximum absolute atomic E-state index is 10.9. The number of carbonyl (C=O) groups is 1. The third kappa shape index (κ3) is 2.00. The number of carboxylic acid groups (broad SMARTS) is 1. The number of non-ortho nitro benzene ring substituents is 1. The SMILES string of the molecule is O=C(O)n1cccc1-c1cccc([N+](=O)[O-])c1. The maximum Gasteiger partial charge on any atom is 0.415 e. The van der Waals surface area contributed by atoms with Gasteiger partial charge in [-0.3, -0.25) is 14.7 Å². The quantitative estimate of drug-likeness (QED) is 0.636. The van der Waals surface area contributed by atoms with Gasteiger partial charge in [-0.25, -0.2) is 4.79 Å². The molecule has 1 aromatic carbocycles. The number of aromatic nitrogens is 1. The Labute approximate surface area is 95.9 Å². The van der Waals surface area contributed by atoms with Gasteiger partial charge in [0.2, 0.25) is 0 Å². The Balaban J connectivity index is 2.53. The number of hydrogen-bond acceptors (Lipinski definition) is 3. The van der Waals surface area contributed by atoms with Crippen molar-refractivity contribution < 1.29 is 14.8 Å². The molecule has 0 saturated carbocycles. The summed E-state index contributed by atoms with van der Waals surface area (Å²) in [5.74, 6) is 0. The van der Waals surface area contributed by atoms with Gasteiger partial charge in [-0.2, -0.15) is 0 Å². The first-order chi connectivity index (χ1) is 8.09. The average Bonchev–Trinajstić information content (AvgIpc) is 2.78. The summed E-state index contributed by atoms with van der Waals surface area (Å²) in [6.07, 6.45) is 0.257. The van der Waals surface area contributed by atoms with Crippen LogP contribution in [-0.2, 0) is 0 Å². The molecule has 0 fully saturated rings. The molecule has 0 amide bonds. The van der Waals surface area contributed by atoms with E-state index >= 15 is 0 Å². The van der Waals surface area contributed by atoms with Crippen molar-refractivity contribution in [2.24, 2.45) is 0 Å². The van der Waals surface area contributed by atoms with Crippen LogP contribution in [0.4, 0.5) is 10.5 Å². The molecule has 86 valence electrons. The highest BCUT2D eigenvalue weighted by atomic mass is 16.6. The van der Waals surface area contributed by atoms with E-state index in [-0.39, 0.29) is 5.69 Å². The third-order valence-corrected chi connectivity index (χ3v) is 2.31. The number of rotatable bonds is 2. The van der Waals surface area contributed by atoms with Crippen molar-refractivity contribution in [2.75, 3.05) is 0 Å². The first-order valence-corrected chi connectivity index (χ1v) is 4.75. The van der Waals surface area contributed by atoms with Crippen LogP contribution in [0.2, 0.25) is 0 Å². The lowest BCUT2D eigenvalue weighted by Gasteiger charge is -2.03. The van der Waals surface area contributed by atoms with Gasteiger partial charge < -0.3 is 5.11 Å². The highest BCUT2D eigenvalue weighted by Gasteiger charge is 2.12. The van der Waals surface area contributed by atoms with E-state index in [0.29, 0.717) is 11.3 Å². The first-order valence-electron chi connectivity index (χ1n) is 4.75. The van der Waals surface area contributed by atoms with Gasteiger partial charge in [0.05, 0.1) is 10.6 Å². The van der Waals surface area contributed by atoms with Crippen LogP contribution >= 0.6 is 0 Å². The summed E-state index contributed by atoms with van der Waals surface area (Å²) in [5.41, 5.74) is 0.827. The van der Waals surface area contributed by atoms with Crippen molar-refractivity contribution in [3.8, 4) is 11.3 Å². The average molecular weight is 232 g/mol. The van der Waals surface area contributed by atoms with Crippen molar-refractivity contribution in [3.63, 3.8) is 0 Å². The van der Waals surface area contributed by atoms with Crippen LogP contribution in [0.15, 0.2) is 42.6 Å². The topological polar surface area (TPSA) is 85.4 Å². The molecule has 1 aromatic heterocycles. The Hall–Kier alpha value is -2.63. The Morgan fingerprint density at radius 3 is 2.71 bits per heavy atom. The Morgan fingerprint density at radius 2 is 2.06 bits per heavy atom. The Morgan fingerprint density at radius 1 is 1.29 bits per heavy atom. The minimum atomic E-state index is -1.13. The summed E-state index contributed by atoms with van der Waals surface area (Å²) in [7, 11) is 0. The molecule has 0 saturated heterocycles. The zero-order chi connectivity index (χ0) is 12.4. The second kappa shape index (κ2) is 4.09. The van der Waals surface area contributed by atoms with Crippen LogP contribution in [-0.4, -0.2) is 20.7 Å². The molecular weight excluding hydrogens is 224 g/mol. The van der Waals surface area contributed by atoms with Crippen molar-refractivity contribution in [3.05, 3.63) is 52.7 Å². The molecule has 0 radical (unpaired) electrons. The lowest BCUT2D eigenvalue weighted by Crippen LogP contribution is -2.07. The van der Waals surface area contributed by atoms with Crippen LogP contribution < -0.4 is 0 Å². The summed E-state index contributed by atoms with van der Waals surface area (Å²) in [6.45, 7) is 0. The Kier molecular flexibility index (Phi) is 2.61. The molecule has 0 bridgehead atoms. The molecule has 0 atom stereocenters. The summed E-state index contributed by atoms with van der Waals surface area (Å²) in [6, 6.07) is 9.01. The number of benzene rings is 1. The highest BCUT2D eigenvalue weighted by molar-refractivity contribution is 5.77. The van der Waals surface area contributed by atoms with E-state index in [4.69, 9.17) is 5.11 Å². The molecular formula is C11H8N2O4. The van der Waals surface area contributed by atoms with E-state index in [2.05, 4.69) is 0 Å².